The van der Waals surface area contributed by atoms with Gasteiger partial charge in [-0.1, -0.05) is 19.8 Å². The molecular weight excluding hydrogens is 286 g/mol. The Labute approximate surface area is 143 Å². The lowest BCUT2D eigenvalue weighted by Crippen LogP contribution is -2.59. The second-order valence-corrected chi connectivity index (χ2v) is 8.17. The van der Waals surface area contributed by atoms with Crippen LogP contribution in [0.3, 0.4) is 0 Å². The third-order valence-corrected chi connectivity index (χ3v) is 5.93. The molecule has 23 heavy (non-hydrogen) atoms. The van der Waals surface area contributed by atoms with E-state index in [4.69, 9.17) is 0 Å². The number of piperazine rings is 1. The molecule has 3 atom stereocenters. The van der Waals surface area contributed by atoms with Crippen LogP contribution in [-0.4, -0.2) is 73.0 Å². The monoisotopic (exact) mass is 323 g/mol. The molecular formula is C19H37N3O. The van der Waals surface area contributed by atoms with Crippen molar-refractivity contribution in [2.75, 3.05) is 40.3 Å². The van der Waals surface area contributed by atoms with E-state index in [1.165, 1.54) is 32.1 Å². The number of nitrogens with zero attached hydrogens (tertiary/aromatic N) is 3. The van der Waals surface area contributed by atoms with Crippen LogP contribution >= 0.6 is 0 Å². The summed E-state index contributed by atoms with van der Waals surface area (Å²) in [5.41, 5.74) is 0. The van der Waals surface area contributed by atoms with Crippen LogP contribution in [0.2, 0.25) is 0 Å². The van der Waals surface area contributed by atoms with Crippen LogP contribution in [0.25, 0.3) is 0 Å². The maximum absolute atomic E-state index is 12.9. The minimum atomic E-state index is 0.220. The van der Waals surface area contributed by atoms with Crippen LogP contribution in [0, 0.1) is 11.8 Å². The second kappa shape index (κ2) is 8.48. The second-order valence-electron chi connectivity index (χ2n) is 8.17. The Morgan fingerprint density at radius 2 is 1.70 bits per heavy atom. The van der Waals surface area contributed by atoms with E-state index in [2.05, 4.69) is 49.6 Å². The molecule has 0 aromatic carbocycles. The number of hydrogen-bond acceptors (Lipinski definition) is 3. The van der Waals surface area contributed by atoms with Gasteiger partial charge in [-0.15, -0.1) is 0 Å². The van der Waals surface area contributed by atoms with Crippen molar-refractivity contribution in [3.8, 4) is 0 Å². The molecule has 134 valence electrons. The maximum Gasteiger partial charge on any atom is 0.225 e. The molecule has 0 aromatic rings. The zero-order valence-corrected chi connectivity index (χ0v) is 15.9. The average molecular weight is 324 g/mol. The van der Waals surface area contributed by atoms with Gasteiger partial charge >= 0.3 is 0 Å². The van der Waals surface area contributed by atoms with E-state index in [-0.39, 0.29) is 5.92 Å². The summed E-state index contributed by atoms with van der Waals surface area (Å²) in [5, 5.41) is 0. The van der Waals surface area contributed by atoms with Gasteiger partial charge < -0.3 is 9.80 Å². The summed E-state index contributed by atoms with van der Waals surface area (Å²) in [7, 11) is 4.27. The Balaban J connectivity index is 1.86. The Morgan fingerprint density at radius 3 is 2.22 bits per heavy atom. The van der Waals surface area contributed by atoms with Crippen molar-refractivity contribution < 1.29 is 4.79 Å². The number of carbonyl (C=O) groups excluding carboxylic acids is 1. The summed E-state index contributed by atoms with van der Waals surface area (Å²) < 4.78 is 0. The molecule has 1 aliphatic carbocycles. The zero-order valence-electron chi connectivity index (χ0n) is 15.9. The fraction of sp³-hybridized carbons (Fsp3) is 0.947. The highest BCUT2D eigenvalue weighted by molar-refractivity contribution is 5.79. The molecule has 1 saturated heterocycles. The molecule has 2 fully saturated rings. The van der Waals surface area contributed by atoms with Crippen molar-refractivity contribution in [1.82, 2.24) is 14.7 Å². The van der Waals surface area contributed by atoms with Gasteiger partial charge in [0, 0.05) is 37.6 Å². The van der Waals surface area contributed by atoms with E-state index in [1.54, 1.807) is 0 Å². The van der Waals surface area contributed by atoms with Gasteiger partial charge in [0.25, 0.3) is 0 Å². The van der Waals surface area contributed by atoms with Crippen molar-refractivity contribution in [2.24, 2.45) is 11.8 Å². The molecule has 1 aliphatic heterocycles. The summed E-state index contributed by atoms with van der Waals surface area (Å²) >= 11 is 0. The first-order valence-corrected chi connectivity index (χ1v) is 9.59. The highest BCUT2D eigenvalue weighted by Crippen LogP contribution is 2.32. The van der Waals surface area contributed by atoms with Crippen molar-refractivity contribution in [3.63, 3.8) is 0 Å². The third-order valence-electron chi connectivity index (χ3n) is 5.93. The van der Waals surface area contributed by atoms with Crippen LogP contribution in [0.4, 0.5) is 0 Å². The van der Waals surface area contributed by atoms with Crippen LogP contribution in [0.15, 0.2) is 0 Å². The molecule has 0 bridgehead atoms. The molecule has 2 aliphatic rings. The number of amides is 1. The first kappa shape index (κ1) is 18.7. The molecule has 0 aromatic heterocycles. The van der Waals surface area contributed by atoms with E-state index in [1.807, 2.05) is 0 Å². The molecule has 3 unspecified atom stereocenters. The van der Waals surface area contributed by atoms with Crippen molar-refractivity contribution in [1.29, 1.82) is 0 Å². The third kappa shape index (κ3) is 4.93. The van der Waals surface area contributed by atoms with Gasteiger partial charge in [-0.05, 0) is 59.7 Å². The zero-order chi connectivity index (χ0) is 17.0. The standard InChI is InChI=1S/C19H37N3O/c1-15-13-21(19(23)17(3)18-9-6-7-10-18)14-16(2)22(15)12-8-11-20(4)5/h15-18H,6-14H2,1-5H3. The minimum absolute atomic E-state index is 0.220. The van der Waals surface area contributed by atoms with E-state index in [0.29, 0.717) is 23.9 Å². The lowest BCUT2D eigenvalue weighted by Gasteiger charge is -2.45. The van der Waals surface area contributed by atoms with Gasteiger partial charge in [0.15, 0.2) is 0 Å². The molecule has 4 nitrogen and oxygen atoms in total. The van der Waals surface area contributed by atoms with Crippen molar-refractivity contribution >= 4 is 5.91 Å². The SMILES string of the molecule is CC(C(=O)N1CC(C)N(CCCN(C)C)C(C)C1)C1CCCC1. The van der Waals surface area contributed by atoms with Gasteiger partial charge in [0.2, 0.25) is 5.91 Å². The van der Waals surface area contributed by atoms with E-state index >= 15 is 0 Å². The van der Waals surface area contributed by atoms with Crippen LogP contribution in [0.1, 0.15) is 52.9 Å². The van der Waals surface area contributed by atoms with Crippen LogP contribution < -0.4 is 0 Å². The summed E-state index contributed by atoms with van der Waals surface area (Å²) in [6.45, 7) is 10.8. The van der Waals surface area contributed by atoms with Gasteiger partial charge in [-0.3, -0.25) is 9.69 Å². The van der Waals surface area contributed by atoms with Crippen LogP contribution in [0.5, 0.6) is 0 Å². The van der Waals surface area contributed by atoms with E-state index < -0.39 is 0 Å². The van der Waals surface area contributed by atoms with Gasteiger partial charge in [0.1, 0.15) is 0 Å². The topological polar surface area (TPSA) is 26.8 Å². The van der Waals surface area contributed by atoms with E-state index in [9.17, 15) is 4.79 Å². The minimum Gasteiger partial charge on any atom is -0.339 e. The Hall–Kier alpha value is -0.610. The van der Waals surface area contributed by atoms with Crippen LogP contribution in [-0.2, 0) is 4.79 Å². The highest BCUT2D eigenvalue weighted by Gasteiger charge is 2.35. The summed E-state index contributed by atoms with van der Waals surface area (Å²) in [6.07, 6.45) is 6.34. The summed E-state index contributed by atoms with van der Waals surface area (Å²) in [6, 6.07) is 0.946. The number of hydrogen-bond donors (Lipinski definition) is 0. The Morgan fingerprint density at radius 1 is 1.13 bits per heavy atom. The van der Waals surface area contributed by atoms with Gasteiger partial charge in [-0.2, -0.15) is 0 Å². The quantitative estimate of drug-likeness (QED) is 0.752. The Kier molecular flexibility index (Phi) is 6.90. The lowest BCUT2D eigenvalue weighted by atomic mass is 9.90. The predicted octanol–water partition coefficient (Wildman–Crippen LogP) is 2.69. The fourth-order valence-electron chi connectivity index (χ4n) is 4.49. The number of carbonyl (C=O) groups is 1. The van der Waals surface area contributed by atoms with Crippen molar-refractivity contribution in [2.45, 2.75) is 65.0 Å². The largest absolute Gasteiger partial charge is 0.339 e. The molecule has 0 N–H and O–H groups in total. The van der Waals surface area contributed by atoms with Gasteiger partial charge in [-0.25, -0.2) is 0 Å². The molecule has 1 amide bonds. The Bertz CT molecular complexity index is 367. The first-order chi connectivity index (χ1) is 10.9. The normalized spacial score (nSPS) is 28.5. The molecule has 0 radical (unpaired) electrons. The lowest BCUT2D eigenvalue weighted by molar-refractivity contribution is -0.141. The maximum atomic E-state index is 12.9. The molecule has 1 saturated carbocycles. The molecule has 1 heterocycles. The molecule has 4 heteroatoms. The summed E-state index contributed by atoms with van der Waals surface area (Å²) in [5.74, 6) is 1.26. The number of rotatable bonds is 6. The fourth-order valence-corrected chi connectivity index (χ4v) is 4.49. The molecule has 2 rings (SSSR count). The van der Waals surface area contributed by atoms with E-state index in [0.717, 1.165) is 26.2 Å². The van der Waals surface area contributed by atoms with Crippen molar-refractivity contribution in [3.05, 3.63) is 0 Å². The predicted molar refractivity (Wildman–Crippen MR) is 96.5 cm³/mol. The average Bonchev–Trinajstić information content (AvgIpc) is 3.02. The first-order valence-electron chi connectivity index (χ1n) is 9.59. The smallest absolute Gasteiger partial charge is 0.225 e. The molecule has 0 spiro atoms. The van der Waals surface area contributed by atoms with Gasteiger partial charge in [0.05, 0.1) is 0 Å². The summed E-state index contributed by atoms with van der Waals surface area (Å²) in [4.78, 5) is 19.9. The highest BCUT2D eigenvalue weighted by atomic mass is 16.2.